The molecule has 14 heavy (non-hydrogen) atoms. The highest BCUT2D eigenvalue weighted by Crippen LogP contribution is 2.03. The third-order valence-electron chi connectivity index (χ3n) is 2.01. The summed E-state index contributed by atoms with van der Waals surface area (Å²) in [6.45, 7) is 9.88. The van der Waals surface area contributed by atoms with Crippen molar-refractivity contribution in [2.24, 2.45) is 5.92 Å². The van der Waals surface area contributed by atoms with Gasteiger partial charge in [0.05, 0.1) is 0 Å². The van der Waals surface area contributed by atoms with Crippen molar-refractivity contribution in [1.29, 1.82) is 0 Å². The zero-order valence-electron chi connectivity index (χ0n) is 10.1. The number of carbonyl (C=O) groups is 1. The van der Waals surface area contributed by atoms with E-state index in [1.165, 1.54) is 32.1 Å². The lowest BCUT2D eigenvalue weighted by atomic mass is 10.1. The molecule has 0 aromatic heterocycles. The predicted molar refractivity (Wildman–Crippen MR) is 64.5 cm³/mol. The first-order valence-corrected chi connectivity index (χ1v) is 5.79. The molecule has 0 fully saturated rings. The van der Waals surface area contributed by atoms with Crippen molar-refractivity contribution < 1.29 is 4.79 Å². The summed E-state index contributed by atoms with van der Waals surface area (Å²) < 4.78 is 0. The summed E-state index contributed by atoms with van der Waals surface area (Å²) in [5, 5.41) is 0. The van der Waals surface area contributed by atoms with Crippen molar-refractivity contribution in [1.82, 2.24) is 0 Å². The van der Waals surface area contributed by atoms with E-state index in [1.807, 2.05) is 13.0 Å². The summed E-state index contributed by atoms with van der Waals surface area (Å²) in [6, 6.07) is 0. The van der Waals surface area contributed by atoms with Crippen LogP contribution >= 0.6 is 0 Å². The summed E-state index contributed by atoms with van der Waals surface area (Å²) in [5.41, 5.74) is 0. The molecule has 0 spiro atoms. The van der Waals surface area contributed by atoms with E-state index in [0.29, 0.717) is 0 Å². The van der Waals surface area contributed by atoms with Crippen molar-refractivity contribution in [2.45, 2.75) is 59.3 Å². The van der Waals surface area contributed by atoms with Crippen molar-refractivity contribution in [2.75, 3.05) is 0 Å². The largest absolute Gasteiger partial charge is 0.303 e. The minimum absolute atomic E-state index is 0.273. The van der Waals surface area contributed by atoms with Crippen molar-refractivity contribution >= 4 is 6.29 Å². The van der Waals surface area contributed by atoms with Crippen LogP contribution in [0.1, 0.15) is 59.3 Å². The topological polar surface area (TPSA) is 17.1 Å². The van der Waals surface area contributed by atoms with Crippen LogP contribution in [0.25, 0.3) is 0 Å². The van der Waals surface area contributed by atoms with Crippen LogP contribution in [0.3, 0.4) is 0 Å². The third-order valence-corrected chi connectivity index (χ3v) is 2.01. The van der Waals surface area contributed by atoms with Gasteiger partial charge in [-0.3, -0.25) is 0 Å². The Bertz CT molecular complexity index is 118. The van der Waals surface area contributed by atoms with Gasteiger partial charge in [0, 0.05) is 5.92 Å². The predicted octanol–water partition coefficient (Wildman–Crippen LogP) is 4.37. The van der Waals surface area contributed by atoms with Gasteiger partial charge in [0.1, 0.15) is 6.29 Å². The summed E-state index contributed by atoms with van der Waals surface area (Å²) in [7, 11) is 0. The second-order valence-corrected chi connectivity index (χ2v) is 3.69. The molecule has 1 atom stereocenters. The SMILES string of the molecule is C=CCCCC.CCCCC(C)C=O. The molecule has 0 bridgehead atoms. The molecular formula is C13H26O. The quantitative estimate of drug-likeness (QED) is 0.337. The highest BCUT2D eigenvalue weighted by Gasteiger charge is 1.95. The maximum absolute atomic E-state index is 10.0. The summed E-state index contributed by atoms with van der Waals surface area (Å²) in [4.78, 5) is 10.0. The zero-order chi connectivity index (χ0) is 11.2. The van der Waals surface area contributed by atoms with Gasteiger partial charge in [0.15, 0.2) is 0 Å². The van der Waals surface area contributed by atoms with Gasteiger partial charge in [-0.15, -0.1) is 6.58 Å². The van der Waals surface area contributed by atoms with Gasteiger partial charge in [-0.25, -0.2) is 0 Å². The van der Waals surface area contributed by atoms with Gasteiger partial charge in [0.25, 0.3) is 0 Å². The number of rotatable bonds is 7. The summed E-state index contributed by atoms with van der Waals surface area (Å²) in [5.74, 6) is 0.273. The lowest BCUT2D eigenvalue weighted by Crippen LogP contribution is -1.93. The van der Waals surface area contributed by atoms with Crippen LogP contribution in [0.15, 0.2) is 12.7 Å². The third kappa shape index (κ3) is 17.5. The average Bonchev–Trinajstić information content (AvgIpc) is 2.23. The number of carbonyl (C=O) groups excluding carboxylic acids is 1. The molecule has 0 radical (unpaired) electrons. The minimum Gasteiger partial charge on any atom is -0.303 e. The molecule has 0 aliphatic rings. The number of hydrogen-bond donors (Lipinski definition) is 0. The lowest BCUT2D eigenvalue weighted by molar-refractivity contribution is -0.110. The Balaban J connectivity index is 0. The van der Waals surface area contributed by atoms with Crippen LogP contribution in [0.2, 0.25) is 0 Å². The zero-order valence-corrected chi connectivity index (χ0v) is 10.1. The monoisotopic (exact) mass is 198 g/mol. The Morgan fingerprint density at radius 3 is 2.07 bits per heavy atom. The van der Waals surface area contributed by atoms with Crippen LogP contribution in [-0.2, 0) is 4.79 Å². The normalized spacial score (nSPS) is 11.1. The Morgan fingerprint density at radius 1 is 1.21 bits per heavy atom. The second kappa shape index (κ2) is 14.9. The Hall–Kier alpha value is -0.590. The van der Waals surface area contributed by atoms with E-state index < -0.39 is 0 Å². The molecule has 0 aromatic rings. The number of allylic oxidation sites excluding steroid dienone is 1. The first-order valence-electron chi connectivity index (χ1n) is 5.79. The van der Waals surface area contributed by atoms with E-state index in [2.05, 4.69) is 20.4 Å². The molecule has 0 aliphatic heterocycles. The standard InChI is InChI=1S/C7H14O.C6H12/c1-3-4-5-7(2)6-8;1-3-5-6-4-2/h6-7H,3-5H2,1-2H3;3H,1,4-6H2,2H3. The molecule has 0 N–H and O–H groups in total. The lowest BCUT2D eigenvalue weighted by Gasteiger charge is -1.97. The number of aldehydes is 1. The van der Waals surface area contributed by atoms with E-state index in [1.54, 1.807) is 0 Å². The van der Waals surface area contributed by atoms with E-state index in [4.69, 9.17) is 0 Å². The molecule has 0 heterocycles. The van der Waals surface area contributed by atoms with Gasteiger partial charge in [-0.1, -0.05) is 52.5 Å². The van der Waals surface area contributed by atoms with Crippen LogP contribution in [-0.4, -0.2) is 6.29 Å². The number of hydrogen-bond acceptors (Lipinski definition) is 1. The smallest absolute Gasteiger partial charge is 0.122 e. The molecule has 84 valence electrons. The first-order chi connectivity index (χ1) is 6.72. The highest BCUT2D eigenvalue weighted by atomic mass is 16.1. The number of unbranched alkanes of at least 4 members (excludes halogenated alkanes) is 3. The molecule has 0 saturated carbocycles. The molecule has 1 heteroatoms. The Labute approximate surface area is 89.6 Å². The van der Waals surface area contributed by atoms with Crippen LogP contribution < -0.4 is 0 Å². The fourth-order valence-corrected chi connectivity index (χ4v) is 0.943. The van der Waals surface area contributed by atoms with Crippen molar-refractivity contribution in [3.05, 3.63) is 12.7 Å². The molecular weight excluding hydrogens is 172 g/mol. The Kier molecular flexibility index (Phi) is 16.9. The van der Waals surface area contributed by atoms with Gasteiger partial charge in [0.2, 0.25) is 0 Å². The fourth-order valence-electron chi connectivity index (χ4n) is 0.943. The van der Waals surface area contributed by atoms with Crippen LogP contribution in [0, 0.1) is 5.92 Å². The van der Waals surface area contributed by atoms with Gasteiger partial charge in [-0.2, -0.15) is 0 Å². The van der Waals surface area contributed by atoms with Gasteiger partial charge < -0.3 is 4.79 Å². The molecule has 0 rings (SSSR count). The second-order valence-electron chi connectivity index (χ2n) is 3.69. The highest BCUT2D eigenvalue weighted by molar-refractivity contribution is 5.52. The maximum Gasteiger partial charge on any atom is 0.122 e. The molecule has 0 aromatic carbocycles. The van der Waals surface area contributed by atoms with E-state index in [9.17, 15) is 4.79 Å². The van der Waals surface area contributed by atoms with Crippen molar-refractivity contribution in [3.8, 4) is 0 Å². The van der Waals surface area contributed by atoms with E-state index in [0.717, 1.165) is 12.7 Å². The first kappa shape index (κ1) is 15.9. The molecule has 0 aliphatic carbocycles. The van der Waals surface area contributed by atoms with Gasteiger partial charge >= 0.3 is 0 Å². The average molecular weight is 198 g/mol. The molecule has 0 amide bonds. The Morgan fingerprint density at radius 2 is 1.79 bits per heavy atom. The molecule has 0 saturated heterocycles. The van der Waals surface area contributed by atoms with Crippen LogP contribution in [0.5, 0.6) is 0 Å². The van der Waals surface area contributed by atoms with Crippen LogP contribution in [0.4, 0.5) is 0 Å². The van der Waals surface area contributed by atoms with Gasteiger partial charge in [-0.05, 0) is 12.8 Å². The van der Waals surface area contributed by atoms with Crippen molar-refractivity contribution in [3.63, 3.8) is 0 Å². The fraction of sp³-hybridized carbons (Fsp3) is 0.769. The molecule has 1 unspecified atom stereocenters. The van der Waals surface area contributed by atoms with E-state index in [-0.39, 0.29) is 5.92 Å². The summed E-state index contributed by atoms with van der Waals surface area (Å²) in [6.07, 6.45) is 10.2. The van der Waals surface area contributed by atoms with E-state index >= 15 is 0 Å². The maximum atomic E-state index is 10.0. The minimum atomic E-state index is 0.273. The molecule has 1 nitrogen and oxygen atoms in total. The summed E-state index contributed by atoms with van der Waals surface area (Å²) >= 11 is 0.